The minimum Gasteiger partial charge on any atom is -0.328 e. The Balaban J connectivity index is 2.02. The lowest BCUT2D eigenvalue weighted by atomic mass is 10.1. The zero-order valence-corrected chi connectivity index (χ0v) is 14.2. The zero-order chi connectivity index (χ0) is 15.4. The van der Waals surface area contributed by atoms with Crippen molar-refractivity contribution in [3.05, 3.63) is 21.9 Å². The van der Waals surface area contributed by atoms with E-state index in [1.807, 2.05) is 11.9 Å². The predicted molar refractivity (Wildman–Crippen MR) is 87.6 cm³/mol. The van der Waals surface area contributed by atoms with E-state index in [4.69, 9.17) is 0 Å². The van der Waals surface area contributed by atoms with Crippen LogP contribution in [0.15, 0.2) is 11.4 Å². The van der Waals surface area contributed by atoms with Gasteiger partial charge in [-0.2, -0.15) is 0 Å². The molecule has 2 rings (SSSR count). The van der Waals surface area contributed by atoms with E-state index < -0.39 is 0 Å². The minimum absolute atomic E-state index is 0.190. The molecule has 0 aromatic carbocycles. The first-order chi connectivity index (χ1) is 10.0. The van der Waals surface area contributed by atoms with E-state index in [9.17, 15) is 4.79 Å². The summed E-state index contributed by atoms with van der Waals surface area (Å²) >= 11 is 1.68. The van der Waals surface area contributed by atoms with Crippen molar-refractivity contribution >= 4 is 17.2 Å². The van der Waals surface area contributed by atoms with Crippen molar-refractivity contribution in [1.29, 1.82) is 0 Å². The van der Waals surface area contributed by atoms with Gasteiger partial charge in [0.05, 0.1) is 6.67 Å². The van der Waals surface area contributed by atoms with Gasteiger partial charge in [-0.25, -0.2) is 0 Å². The van der Waals surface area contributed by atoms with Gasteiger partial charge in [-0.15, -0.1) is 11.3 Å². The Morgan fingerprint density at radius 3 is 2.81 bits per heavy atom. The van der Waals surface area contributed by atoms with Gasteiger partial charge >= 0.3 is 0 Å². The van der Waals surface area contributed by atoms with Crippen molar-refractivity contribution in [3.8, 4) is 0 Å². The number of thiophene rings is 1. The molecule has 0 spiro atoms. The van der Waals surface area contributed by atoms with Crippen molar-refractivity contribution in [2.45, 2.75) is 12.5 Å². The fraction of sp³-hybridized carbons (Fsp3) is 0.667. The number of hydrogen-bond donors (Lipinski definition) is 1. The molecule has 0 saturated heterocycles. The molecular formula is C15H26N4OS. The Labute approximate surface area is 131 Å². The van der Waals surface area contributed by atoms with Crippen LogP contribution in [0.3, 0.4) is 0 Å². The van der Waals surface area contributed by atoms with Crippen LogP contribution in [0, 0.1) is 0 Å². The number of amides is 1. The topological polar surface area (TPSA) is 38.8 Å². The molecule has 1 aromatic rings. The third-order valence-corrected chi connectivity index (χ3v) is 4.91. The lowest BCUT2D eigenvalue weighted by molar-refractivity contribution is -0.135. The van der Waals surface area contributed by atoms with E-state index in [-0.39, 0.29) is 11.9 Å². The SMILES string of the molecule is CNC1C(=O)N(CN(C)CCN(C)C)CCc2ccsc21. The second-order valence-corrected chi connectivity index (χ2v) is 6.86. The molecule has 0 aliphatic carbocycles. The summed E-state index contributed by atoms with van der Waals surface area (Å²) < 4.78 is 0. The largest absolute Gasteiger partial charge is 0.328 e. The smallest absolute Gasteiger partial charge is 0.246 e. The Kier molecular flexibility index (Phi) is 5.75. The van der Waals surface area contributed by atoms with Gasteiger partial charge in [0.1, 0.15) is 6.04 Å². The predicted octanol–water partition coefficient (Wildman–Crippen LogP) is 0.844. The fourth-order valence-electron chi connectivity index (χ4n) is 2.60. The van der Waals surface area contributed by atoms with Crippen molar-refractivity contribution in [1.82, 2.24) is 20.0 Å². The van der Waals surface area contributed by atoms with E-state index >= 15 is 0 Å². The monoisotopic (exact) mass is 310 g/mol. The molecule has 1 aliphatic rings. The van der Waals surface area contributed by atoms with Gasteiger partial charge in [0.2, 0.25) is 5.91 Å². The molecule has 21 heavy (non-hydrogen) atoms. The van der Waals surface area contributed by atoms with Crippen LogP contribution in [0.25, 0.3) is 0 Å². The third kappa shape index (κ3) is 4.03. The second kappa shape index (κ2) is 7.35. The highest BCUT2D eigenvalue weighted by atomic mass is 32.1. The number of carbonyl (C=O) groups is 1. The quantitative estimate of drug-likeness (QED) is 0.845. The summed E-state index contributed by atoms with van der Waals surface area (Å²) in [6.45, 7) is 3.46. The number of rotatable bonds is 6. The van der Waals surface area contributed by atoms with Gasteiger partial charge in [0.25, 0.3) is 0 Å². The maximum absolute atomic E-state index is 12.7. The highest BCUT2D eigenvalue weighted by Gasteiger charge is 2.30. The first-order valence-corrected chi connectivity index (χ1v) is 8.26. The average Bonchev–Trinajstić information content (AvgIpc) is 2.85. The van der Waals surface area contributed by atoms with Crippen molar-refractivity contribution in [2.75, 3.05) is 54.5 Å². The molecule has 0 bridgehead atoms. The number of likely N-dealkylation sites (N-methyl/N-ethyl adjacent to an activating group) is 3. The lowest BCUT2D eigenvalue weighted by Gasteiger charge is -2.29. The first kappa shape index (κ1) is 16.4. The first-order valence-electron chi connectivity index (χ1n) is 7.38. The highest BCUT2D eigenvalue weighted by molar-refractivity contribution is 7.10. The average molecular weight is 310 g/mol. The molecule has 6 heteroatoms. The summed E-state index contributed by atoms with van der Waals surface area (Å²) in [5.74, 6) is 0.190. The molecule has 5 nitrogen and oxygen atoms in total. The Morgan fingerprint density at radius 2 is 2.14 bits per heavy atom. The molecule has 0 radical (unpaired) electrons. The summed E-state index contributed by atoms with van der Waals surface area (Å²) in [4.78, 5) is 20.3. The Bertz CT molecular complexity index is 474. The van der Waals surface area contributed by atoms with Gasteiger partial charge in [0, 0.05) is 24.5 Å². The summed E-state index contributed by atoms with van der Waals surface area (Å²) in [7, 11) is 8.08. The summed E-state index contributed by atoms with van der Waals surface area (Å²) in [6.07, 6.45) is 0.949. The number of nitrogens with one attached hydrogen (secondary N) is 1. The number of carbonyl (C=O) groups excluding carboxylic acids is 1. The van der Waals surface area contributed by atoms with Crippen LogP contribution in [0.1, 0.15) is 16.5 Å². The van der Waals surface area contributed by atoms with Crippen molar-refractivity contribution in [3.63, 3.8) is 0 Å². The van der Waals surface area contributed by atoms with Crippen LogP contribution < -0.4 is 5.32 Å². The van der Waals surface area contributed by atoms with E-state index in [0.29, 0.717) is 6.67 Å². The number of nitrogens with zero attached hydrogens (tertiary/aromatic N) is 3. The molecule has 1 aromatic heterocycles. The van der Waals surface area contributed by atoms with Gasteiger partial charge in [0.15, 0.2) is 0 Å². The summed E-state index contributed by atoms with van der Waals surface area (Å²) in [5.41, 5.74) is 1.31. The maximum Gasteiger partial charge on any atom is 0.246 e. The van der Waals surface area contributed by atoms with Crippen molar-refractivity contribution < 1.29 is 4.79 Å². The van der Waals surface area contributed by atoms with Gasteiger partial charge in [-0.3, -0.25) is 9.69 Å². The van der Waals surface area contributed by atoms with Gasteiger partial charge < -0.3 is 15.1 Å². The Hall–Kier alpha value is -0.950. The molecule has 1 unspecified atom stereocenters. The third-order valence-electron chi connectivity index (χ3n) is 3.88. The van der Waals surface area contributed by atoms with Crippen LogP contribution in [0.5, 0.6) is 0 Å². The van der Waals surface area contributed by atoms with Gasteiger partial charge in [-0.05, 0) is 51.6 Å². The molecule has 118 valence electrons. The summed E-state index contributed by atoms with van der Waals surface area (Å²) in [6, 6.07) is 1.96. The normalized spacial score (nSPS) is 19.2. The van der Waals surface area contributed by atoms with E-state index in [0.717, 1.165) is 26.1 Å². The van der Waals surface area contributed by atoms with Crippen LogP contribution in [0.2, 0.25) is 0 Å². The molecular weight excluding hydrogens is 284 g/mol. The standard InChI is InChI=1S/C15H26N4OS/c1-16-13-14-12(6-10-21-14)5-7-19(15(13)20)11-18(4)9-8-17(2)3/h6,10,13,16H,5,7-9,11H2,1-4H3. The second-order valence-electron chi connectivity index (χ2n) is 5.91. The van der Waals surface area contributed by atoms with E-state index in [1.165, 1.54) is 10.4 Å². The molecule has 0 saturated carbocycles. The summed E-state index contributed by atoms with van der Waals surface area (Å²) in [5, 5.41) is 5.27. The number of hydrogen-bond acceptors (Lipinski definition) is 5. The highest BCUT2D eigenvalue weighted by Crippen LogP contribution is 2.29. The van der Waals surface area contributed by atoms with Crippen LogP contribution in [-0.4, -0.2) is 75.1 Å². The molecule has 2 heterocycles. The molecule has 1 atom stereocenters. The van der Waals surface area contributed by atoms with Crippen LogP contribution >= 0.6 is 11.3 Å². The molecule has 1 N–H and O–H groups in total. The van der Waals surface area contributed by atoms with Gasteiger partial charge in [-0.1, -0.05) is 0 Å². The minimum atomic E-state index is -0.190. The molecule has 1 amide bonds. The van der Waals surface area contributed by atoms with E-state index in [2.05, 4.69) is 47.7 Å². The zero-order valence-electron chi connectivity index (χ0n) is 13.4. The van der Waals surface area contributed by atoms with E-state index in [1.54, 1.807) is 11.3 Å². The van der Waals surface area contributed by atoms with Crippen LogP contribution in [0.4, 0.5) is 0 Å². The van der Waals surface area contributed by atoms with Crippen molar-refractivity contribution in [2.24, 2.45) is 0 Å². The molecule has 0 fully saturated rings. The number of fused-ring (bicyclic) bond motifs is 1. The lowest BCUT2D eigenvalue weighted by Crippen LogP contribution is -2.45. The molecule has 1 aliphatic heterocycles. The maximum atomic E-state index is 12.7. The van der Waals surface area contributed by atoms with Crippen LogP contribution in [-0.2, 0) is 11.2 Å². The fourth-order valence-corrected chi connectivity index (χ4v) is 3.65. The Morgan fingerprint density at radius 1 is 1.38 bits per heavy atom.